The second kappa shape index (κ2) is 5.37. The van der Waals surface area contributed by atoms with Crippen molar-refractivity contribution in [1.82, 2.24) is 0 Å². The van der Waals surface area contributed by atoms with Crippen molar-refractivity contribution in [1.29, 1.82) is 0 Å². The summed E-state index contributed by atoms with van der Waals surface area (Å²) in [6, 6.07) is -0.0572. The van der Waals surface area contributed by atoms with E-state index in [1.807, 2.05) is 6.92 Å². The van der Waals surface area contributed by atoms with Crippen LogP contribution in [0.2, 0.25) is 0 Å². The van der Waals surface area contributed by atoms with Crippen LogP contribution >= 0.6 is 0 Å². The molecule has 0 aliphatic carbocycles. The van der Waals surface area contributed by atoms with E-state index in [2.05, 4.69) is 4.74 Å². The van der Waals surface area contributed by atoms with Gasteiger partial charge >= 0.3 is 6.18 Å². The normalized spacial score (nSPS) is 14.8. The summed E-state index contributed by atoms with van der Waals surface area (Å²) in [5.41, 5.74) is 5.46. The van der Waals surface area contributed by atoms with Crippen molar-refractivity contribution in [2.75, 3.05) is 13.2 Å². The van der Waals surface area contributed by atoms with Crippen molar-refractivity contribution in [2.24, 2.45) is 5.73 Å². The molecule has 0 bridgehead atoms. The van der Waals surface area contributed by atoms with Crippen LogP contribution in [0, 0.1) is 0 Å². The highest BCUT2D eigenvalue weighted by Gasteiger charge is 2.27. The molecule has 12 heavy (non-hydrogen) atoms. The van der Waals surface area contributed by atoms with E-state index in [9.17, 15) is 13.2 Å². The highest BCUT2D eigenvalue weighted by atomic mass is 19.4. The molecule has 2 N–H and O–H groups in total. The molecule has 0 rings (SSSR count). The molecule has 2 nitrogen and oxygen atoms in total. The molecule has 0 fully saturated rings. The fourth-order valence-electron chi connectivity index (χ4n) is 0.627. The zero-order chi connectivity index (χ0) is 9.61. The quantitative estimate of drug-likeness (QED) is 0.661. The Kier molecular flexibility index (Phi) is 5.24. The Morgan fingerprint density at radius 1 is 1.42 bits per heavy atom. The smallest absolute Gasteiger partial charge is 0.372 e. The Morgan fingerprint density at radius 3 is 2.42 bits per heavy atom. The first-order valence-corrected chi connectivity index (χ1v) is 3.85. The molecule has 0 amide bonds. The summed E-state index contributed by atoms with van der Waals surface area (Å²) >= 11 is 0. The molecule has 0 aromatic heterocycles. The van der Waals surface area contributed by atoms with Crippen LogP contribution in [0.4, 0.5) is 13.2 Å². The number of hydrogen-bond donors (Lipinski definition) is 1. The van der Waals surface area contributed by atoms with Crippen LogP contribution in [0.5, 0.6) is 0 Å². The molecular formula is C7H14F3NO. The average Bonchev–Trinajstić information content (AvgIpc) is 1.96. The fourth-order valence-corrected chi connectivity index (χ4v) is 0.627. The van der Waals surface area contributed by atoms with Gasteiger partial charge in [-0.25, -0.2) is 0 Å². The van der Waals surface area contributed by atoms with Gasteiger partial charge in [0.25, 0.3) is 0 Å². The van der Waals surface area contributed by atoms with Gasteiger partial charge in [0.05, 0.1) is 0 Å². The van der Waals surface area contributed by atoms with Gasteiger partial charge in [0.2, 0.25) is 0 Å². The van der Waals surface area contributed by atoms with E-state index in [0.717, 1.165) is 6.42 Å². The second-order valence-corrected chi connectivity index (χ2v) is 2.62. The van der Waals surface area contributed by atoms with E-state index >= 15 is 0 Å². The highest BCUT2D eigenvalue weighted by molar-refractivity contribution is 4.57. The van der Waals surface area contributed by atoms with E-state index in [0.29, 0.717) is 6.42 Å². The molecule has 74 valence electrons. The van der Waals surface area contributed by atoms with Crippen LogP contribution < -0.4 is 5.73 Å². The lowest BCUT2D eigenvalue weighted by atomic mass is 10.2. The SMILES string of the molecule is CC[C@@H](N)CCOCC(F)(F)F. The molecule has 0 radical (unpaired) electrons. The van der Waals surface area contributed by atoms with Gasteiger partial charge in [-0.05, 0) is 12.8 Å². The molecule has 0 heterocycles. The Balaban J connectivity index is 3.22. The second-order valence-electron chi connectivity index (χ2n) is 2.62. The molecule has 0 spiro atoms. The predicted molar refractivity (Wildman–Crippen MR) is 39.8 cm³/mol. The Bertz CT molecular complexity index is 116. The number of hydrogen-bond acceptors (Lipinski definition) is 2. The topological polar surface area (TPSA) is 35.2 Å². The van der Waals surface area contributed by atoms with Crippen molar-refractivity contribution < 1.29 is 17.9 Å². The maximum absolute atomic E-state index is 11.5. The van der Waals surface area contributed by atoms with Crippen LogP contribution in [-0.2, 0) is 4.74 Å². The summed E-state index contributed by atoms with van der Waals surface area (Å²) in [6.07, 6.45) is -2.99. The summed E-state index contributed by atoms with van der Waals surface area (Å²) in [4.78, 5) is 0. The summed E-state index contributed by atoms with van der Waals surface area (Å²) in [7, 11) is 0. The average molecular weight is 185 g/mol. The van der Waals surface area contributed by atoms with Gasteiger partial charge in [-0.15, -0.1) is 0 Å². The lowest BCUT2D eigenvalue weighted by Gasteiger charge is -2.10. The monoisotopic (exact) mass is 185 g/mol. The first kappa shape index (κ1) is 11.7. The minimum Gasteiger partial charge on any atom is -0.372 e. The molecule has 0 aliphatic heterocycles. The van der Waals surface area contributed by atoms with Crippen molar-refractivity contribution in [3.8, 4) is 0 Å². The summed E-state index contributed by atoms with van der Waals surface area (Å²) in [5.74, 6) is 0. The Labute approximate surface area is 69.9 Å². The standard InChI is InChI=1S/C7H14F3NO/c1-2-6(11)3-4-12-5-7(8,9)10/h6H,2-5,11H2,1H3/t6-/m1/s1. The van der Waals surface area contributed by atoms with Gasteiger partial charge in [0.15, 0.2) is 0 Å². The van der Waals surface area contributed by atoms with Crippen molar-refractivity contribution in [2.45, 2.75) is 32.0 Å². The van der Waals surface area contributed by atoms with Crippen LogP contribution in [0.15, 0.2) is 0 Å². The minimum absolute atomic E-state index is 0.0572. The van der Waals surface area contributed by atoms with Gasteiger partial charge in [-0.1, -0.05) is 6.92 Å². The predicted octanol–water partition coefficient (Wildman–Crippen LogP) is 1.69. The van der Waals surface area contributed by atoms with E-state index < -0.39 is 12.8 Å². The maximum atomic E-state index is 11.5. The number of nitrogens with two attached hydrogens (primary N) is 1. The lowest BCUT2D eigenvalue weighted by molar-refractivity contribution is -0.174. The number of halogens is 3. The largest absolute Gasteiger partial charge is 0.411 e. The molecule has 0 saturated heterocycles. The fraction of sp³-hybridized carbons (Fsp3) is 1.00. The molecule has 0 aliphatic rings. The molecule has 1 atom stereocenters. The molecular weight excluding hydrogens is 171 g/mol. The number of alkyl halides is 3. The van der Waals surface area contributed by atoms with E-state index in [4.69, 9.17) is 5.73 Å². The van der Waals surface area contributed by atoms with Crippen molar-refractivity contribution >= 4 is 0 Å². The molecule has 0 aromatic carbocycles. The lowest BCUT2D eigenvalue weighted by Crippen LogP contribution is -2.23. The van der Waals surface area contributed by atoms with Crippen LogP contribution in [0.3, 0.4) is 0 Å². The Hall–Kier alpha value is -0.290. The Morgan fingerprint density at radius 2 is 2.00 bits per heavy atom. The van der Waals surface area contributed by atoms with Crippen molar-refractivity contribution in [3.63, 3.8) is 0 Å². The minimum atomic E-state index is -4.23. The number of ether oxygens (including phenoxy) is 1. The van der Waals surface area contributed by atoms with Gasteiger partial charge in [-0.2, -0.15) is 13.2 Å². The van der Waals surface area contributed by atoms with Gasteiger partial charge < -0.3 is 10.5 Å². The van der Waals surface area contributed by atoms with Crippen LogP contribution in [0.25, 0.3) is 0 Å². The van der Waals surface area contributed by atoms with Gasteiger partial charge in [0, 0.05) is 12.6 Å². The number of rotatable bonds is 5. The maximum Gasteiger partial charge on any atom is 0.411 e. The molecule has 5 heteroatoms. The van der Waals surface area contributed by atoms with E-state index in [1.54, 1.807) is 0 Å². The molecule has 0 aromatic rings. The van der Waals surface area contributed by atoms with Gasteiger partial charge in [0.1, 0.15) is 6.61 Å². The van der Waals surface area contributed by atoms with E-state index in [1.165, 1.54) is 0 Å². The summed E-state index contributed by atoms with van der Waals surface area (Å²) in [6.45, 7) is 0.784. The highest BCUT2D eigenvalue weighted by Crippen LogP contribution is 2.14. The molecule has 0 saturated carbocycles. The summed E-state index contributed by atoms with van der Waals surface area (Å²) < 4.78 is 38.9. The van der Waals surface area contributed by atoms with E-state index in [-0.39, 0.29) is 12.6 Å². The first-order chi connectivity index (χ1) is 5.45. The third-order valence-corrected chi connectivity index (χ3v) is 1.42. The zero-order valence-corrected chi connectivity index (χ0v) is 7.03. The van der Waals surface area contributed by atoms with Crippen LogP contribution in [-0.4, -0.2) is 25.4 Å². The van der Waals surface area contributed by atoms with Crippen molar-refractivity contribution in [3.05, 3.63) is 0 Å². The van der Waals surface area contributed by atoms with Crippen LogP contribution in [0.1, 0.15) is 19.8 Å². The summed E-state index contributed by atoms with van der Waals surface area (Å²) in [5, 5.41) is 0. The third kappa shape index (κ3) is 7.81. The first-order valence-electron chi connectivity index (χ1n) is 3.85. The third-order valence-electron chi connectivity index (χ3n) is 1.42. The zero-order valence-electron chi connectivity index (χ0n) is 7.03. The molecule has 0 unspecified atom stereocenters. The van der Waals surface area contributed by atoms with Gasteiger partial charge in [-0.3, -0.25) is 0 Å².